The Kier molecular flexibility index (Phi) is 4.22. The summed E-state index contributed by atoms with van der Waals surface area (Å²) in [5.41, 5.74) is 3.31. The average Bonchev–Trinajstić information content (AvgIpc) is 2.94. The van der Waals surface area contributed by atoms with E-state index in [4.69, 9.17) is 11.6 Å². The van der Waals surface area contributed by atoms with Gasteiger partial charge in [-0.1, -0.05) is 53.2 Å². The largest absolute Gasteiger partial charge is 0.214 e. The van der Waals surface area contributed by atoms with Crippen LogP contribution in [0.4, 0.5) is 0 Å². The van der Waals surface area contributed by atoms with Gasteiger partial charge in [0.1, 0.15) is 0 Å². The van der Waals surface area contributed by atoms with Gasteiger partial charge in [-0.05, 0) is 47.2 Å². The van der Waals surface area contributed by atoms with Crippen LogP contribution >= 0.6 is 23.4 Å². The maximum Gasteiger partial charge on any atom is 0.214 e. The number of nitrogens with zero attached hydrogens (tertiary/aromatic N) is 4. The van der Waals surface area contributed by atoms with Crippen LogP contribution in [0.15, 0.2) is 53.7 Å². The first-order chi connectivity index (χ1) is 10.2. The van der Waals surface area contributed by atoms with E-state index in [9.17, 15) is 0 Å². The van der Waals surface area contributed by atoms with Gasteiger partial charge < -0.3 is 0 Å². The molecular formula is C15H13ClN4S. The number of hydrogen-bond donors (Lipinski definition) is 0. The summed E-state index contributed by atoms with van der Waals surface area (Å²) < 4.78 is 1.74. The summed E-state index contributed by atoms with van der Waals surface area (Å²) in [5, 5.41) is 13.4. The number of aryl methyl sites for hydroxylation is 1. The van der Waals surface area contributed by atoms with E-state index in [1.165, 1.54) is 5.56 Å². The fourth-order valence-electron chi connectivity index (χ4n) is 1.89. The average molecular weight is 317 g/mol. The Labute approximate surface area is 132 Å². The lowest BCUT2D eigenvalue weighted by Crippen LogP contribution is -1.99. The van der Waals surface area contributed by atoms with Crippen molar-refractivity contribution in [3.63, 3.8) is 0 Å². The molecular weight excluding hydrogens is 304 g/mol. The fourth-order valence-corrected chi connectivity index (χ4v) is 2.94. The predicted molar refractivity (Wildman–Crippen MR) is 84.9 cm³/mol. The van der Waals surface area contributed by atoms with Crippen LogP contribution in [0.2, 0.25) is 5.02 Å². The van der Waals surface area contributed by atoms with E-state index in [1.54, 1.807) is 16.4 Å². The summed E-state index contributed by atoms with van der Waals surface area (Å²) in [6, 6.07) is 15.9. The van der Waals surface area contributed by atoms with Crippen LogP contribution in [-0.4, -0.2) is 20.2 Å². The molecule has 6 heteroatoms. The molecule has 21 heavy (non-hydrogen) atoms. The normalized spacial score (nSPS) is 10.8. The molecule has 0 saturated carbocycles. The minimum absolute atomic E-state index is 0.742. The number of rotatable bonds is 4. The molecule has 3 aromatic rings. The van der Waals surface area contributed by atoms with Gasteiger partial charge in [-0.15, -0.1) is 5.10 Å². The lowest BCUT2D eigenvalue weighted by Gasteiger charge is -2.05. The lowest BCUT2D eigenvalue weighted by molar-refractivity contribution is 0.756. The van der Waals surface area contributed by atoms with Crippen molar-refractivity contribution in [1.29, 1.82) is 0 Å². The van der Waals surface area contributed by atoms with Gasteiger partial charge in [0.2, 0.25) is 5.16 Å². The number of thioether (sulfide) groups is 1. The van der Waals surface area contributed by atoms with E-state index >= 15 is 0 Å². The van der Waals surface area contributed by atoms with Crippen molar-refractivity contribution in [2.75, 3.05) is 0 Å². The molecule has 3 rings (SSSR count). The molecule has 2 aromatic carbocycles. The van der Waals surface area contributed by atoms with E-state index in [1.807, 2.05) is 48.5 Å². The van der Waals surface area contributed by atoms with E-state index in [0.29, 0.717) is 0 Å². The van der Waals surface area contributed by atoms with E-state index in [2.05, 4.69) is 22.4 Å². The molecule has 0 spiro atoms. The fraction of sp³-hybridized carbons (Fsp3) is 0.133. The molecule has 0 aliphatic rings. The van der Waals surface area contributed by atoms with Crippen molar-refractivity contribution in [3.05, 3.63) is 64.7 Å². The van der Waals surface area contributed by atoms with Crippen LogP contribution in [-0.2, 0) is 5.75 Å². The van der Waals surface area contributed by atoms with Gasteiger partial charge in [0.15, 0.2) is 0 Å². The summed E-state index contributed by atoms with van der Waals surface area (Å²) in [7, 11) is 0. The number of hydrogen-bond acceptors (Lipinski definition) is 4. The van der Waals surface area contributed by atoms with Gasteiger partial charge in [-0.2, -0.15) is 4.68 Å². The summed E-state index contributed by atoms with van der Waals surface area (Å²) in [6.07, 6.45) is 0. The minimum Gasteiger partial charge on any atom is -0.188 e. The third-order valence-corrected chi connectivity index (χ3v) is 4.20. The molecule has 1 heterocycles. The number of halogens is 1. The molecule has 0 aliphatic carbocycles. The second-order valence-corrected chi connectivity index (χ2v) is 6.01. The maximum atomic E-state index is 5.99. The third kappa shape index (κ3) is 3.43. The Hall–Kier alpha value is -1.85. The van der Waals surface area contributed by atoms with Gasteiger partial charge in [-0.3, -0.25) is 0 Å². The number of benzene rings is 2. The Morgan fingerprint density at radius 2 is 1.95 bits per heavy atom. The zero-order valence-electron chi connectivity index (χ0n) is 11.4. The van der Waals surface area contributed by atoms with Gasteiger partial charge in [0, 0.05) is 10.8 Å². The smallest absolute Gasteiger partial charge is 0.188 e. The molecule has 0 fully saturated rings. The molecule has 0 bridgehead atoms. The highest BCUT2D eigenvalue weighted by molar-refractivity contribution is 7.98. The Morgan fingerprint density at radius 1 is 1.14 bits per heavy atom. The topological polar surface area (TPSA) is 43.6 Å². The van der Waals surface area contributed by atoms with E-state index < -0.39 is 0 Å². The second-order valence-electron chi connectivity index (χ2n) is 4.63. The highest BCUT2D eigenvalue weighted by Crippen LogP contribution is 2.23. The summed E-state index contributed by atoms with van der Waals surface area (Å²) in [6.45, 7) is 2.05. The van der Waals surface area contributed by atoms with Crippen LogP contribution in [0.5, 0.6) is 0 Å². The number of tetrazole rings is 1. The van der Waals surface area contributed by atoms with Crippen LogP contribution < -0.4 is 0 Å². The standard InChI is InChI=1S/C15H13ClN4S/c1-11-5-7-14(8-6-11)20-15(17-18-19-20)21-10-12-3-2-4-13(16)9-12/h2-9H,10H2,1H3. The van der Waals surface area contributed by atoms with E-state index in [-0.39, 0.29) is 0 Å². The monoisotopic (exact) mass is 316 g/mol. The summed E-state index contributed by atoms with van der Waals surface area (Å²) in [4.78, 5) is 0. The molecule has 1 aromatic heterocycles. The van der Waals surface area contributed by atoms with Crippen molar-refractivity contribution in [2.24, 2.45) is 0 Å². The maximum absolute atomic E-state index is 5.99. The first-order valence-corrected chi connectivity index (χ1v) is 7.81. The van der Waals surface area contributed by atoms with Gasteiger partial charge >= 0.3 is 0 Å². The molecule has 0 unspecified atom stereocenters. The van der Waals surface area contributed by atoms with E-state index in [0.717, 1.165) is 27.2 Å². The molecule has 106 valence electrons. The second kappa shape index (κ2) is 6.28. The van der Waals surface area contributed by atoms with Crippen molar-refractivity contribution in [3.8, 4) is 5.69 Å². The zero-order valence-corrected chi connectivity index (χ0v) is 13.0. The Balaban J connectivity index is 1.78. The van der Waals surface area contributed by atoms with Crippen molar-refractivity contribution >= 4 is 23.4 Å². The SMILES string of the molecule is Cc1ccc(-n2nnnc2SCc2cccc(Cl)c2)cc1. The molecule has 0 amide bonds. The molecule has 0 atom stereocenters. The Bertz CT molecular complexity index is 739. The lowest BCUT2D eigenvalue weighted by atomic mass is 10.2. The molecule has 4 nitrogen and oxygen atoms in total. The van der Waals surface area contributed by atoms with Crippen LogP contribution in [0.1, 0.15) is 11.1 Å². The van der Waals surface area contributed by atoms with Gasteiger partial charge in [-0.25, -0.2) is 0 Å². The van der Waals surface area contributed by atoms with Crippen molar-refractivity contribution in [1.82, 2.24) is 20.2 Å². The van der Waals surface area contributed by atoms with Crippen molar-refractivity contribution in [2.45, 2.75) is 17.8 Å². The van der Waals surface area contributed by atoms with Gasteiger partial charge in [0.25, 0.3) is 0 Å². The zero-order chi connectivity index (χ0) is 14.7. The van der Waals surface area contributed by atoms with Crippen LogP contribution in [0.3, 0.4) is 0 Å². The molecule has 0 N–H and O–H groups in total. The first kappa shape index (κ1) is 14.1. The molecule has 0 aliphatic heterocycles. The quantitative estimate of drug-likeness (QED) is 0.684. The molecule has 0 saturated heterocycles. The first-order valence-electron chi connectivity index (χ1n) is 6.45. The Morgan fingerprint density at radius 3 is 2.71 bits per heavy atom. The predicted octanol–water partition coefficient (Wildman–Crippen LogP) is 3.92. The van der Waals surface area contributed by atoms with Crippen LogP contribution in [0.25, 0.3) is 5.69 Å². The minimum atomic E-state index is 0.742. The van der Waals surface area contributed by atoms with Crippen molar-refractivity contribution < 1.29 is 0 Å². The third-order valence-electron chi connectivity index (χ3n) is 2.98. The van der Waals surface area contributed by atoms with Crippen LogP contribution in [0, 0.1) is 6.92 Å². The highest BCUT2D eigenvalue weighted by Gasteiger charge is 2.09. The highest BCUT2D eigenvalue weighted by atomic mass is 35.5. The summed E-state index contributed by atoms with van der Waals surface area (Å²) in [5.74, 6) is 0.771. The van der Waals surface area contributed by atoms with Gasteiger partial charge in [0.05, 0.1) is 5.69 Å². The number of aromatic nitrogens is 4. The summed E-state index contributed by atoms with van der Waals surface area (Å²) >= 11 is 7.58. The molecule has 0 radical (unpaired) electrons.